The van der Waals surface area contributed by atoms with Gasteiger partial charge in [-0.15, -0.1) is 0 Å². The van der Waals surface area contributed by atoms with E-state index < -0.39 is 19.7 Å². The fourth-order valence-corrected chi connectivity index (χ4v) is 5.56. The number of sulfone groups is 2. The maximum Gasteiger partial charge on any atom is 0.151 e. The molecule has 2 atom stereocenters. The molecule has 5 nitrogen and oxygen atoms in total. The molecule has 15 heavy (non-hydrogen) atoms. The zero-order valence-corrected chi connectivity index (χ0v) is 9.98. The number of hydrogen-bond acceptors (Lipinski definition) is 5. The molecule has 2 fully saturated rings. The molecular formula is C8H15NO4S2. The molecule has 88 valence electrons. The van der Waals surface area contributed by atoms with Gasteiger partial charge in [0.1, 0.15) is 0 Å². The van der Waals surface area contributed by atoms with Crippen LogP contribution in [0.25, 0.3) is 0 Å². The van der Waals surface area contributed by atoms with Gasteiger partial charge in [0.05, 0.1) is 23.0 Å². The van der Waals surface area contributed by atoms with Gasteiger partial charge in [-0.1, -0.05) is 0 Å². The average Bonchev–Trinajstić information content (AvgIpc) is 2.56. The van der Waals surface area contributed by atoms with Crippen molar-refractivity contribution >= 4 is 19.7 Å². The molecule has 2 rings (SSSR count). The summed E-state index contributed by atoms with van der Waals surface area (Å²) >= 11 is 0. The van der Waals surface area contributed by atoms with E-state index in [-0.39, 0.29) is 35.1 Å². The van der Waals surface area contributed by atoms with Crippen LogP contribution in [-0.2, 0) is 19.7 Å². The van der Waals surface area contributed by atoms with Gasteiger partial charge in [-0.25, -0.2) is 16.8 Å². The van der Waals surface area contributed by atoms with Crippen LogP contribution in [-0.4, -0.2) is 51.9 Å². The summed E-state index contributed by atoms with van der Waals surface area (Å²) in [4.78, 5) is 0. The zero-order valence-electron chi connectivity index (χ0n) is 8.35. The smallest absolute Gasteiger partial charge is 0.151 e. The Morgan fingerprint density at radius 2 is 1.20 bits per heavy atom. The Hall–Kier alpha value is -0.140. The van der Waals surface area contributed by atoms with Crippen molar-refractivity contribution in [2.75, 3.05) is 23.0 Å². The first-order valence-corrected chi connectivity index (χ1v) is 8.67. The minimum atomic E-state index is -2.88. The van der Waals surface area contributed by atoms with Gasteiger partial charge < -0.3 is 5.32 Å². The van der Waals surface area contributed by atoms with E-state index in [4.69, 9.17) is 0 Å². The molecular weight excluding hydrogens is 238 g/mol. The molecule has 2 saturated heterocycles. The second-order valence-corrected chi connectivity index (χ2v) is 8.82. The Kier molecular flexibility index (Phi) is 2.81. The third-order valence-corrected chi connectivity index (χ3v) is 6.47. The predicted molar refractivity (Wildman–Crippen MR) is 57.3 cm³/mol. The largest absolute Gasteiger partial charge is 0.309 e. The topological polar surface area (TPSA) is 80.3 Å². The highest BCUT2D eigenvalue weighted by molar-refractivity contribution is 7.92. The summed E-state index contributed by atoms with van der Waals surface area (Å²) < 4.78 is 44.7. The highest BCUT2D eigenvalue weighted by Crippen LogP contribution is 2.16. The quantitative estimate of drug-likeness (QED) is 0.679. The van der Waals surface area contributed by atoms with E-state index in [1.807, 2.05) is 0 Å². The van der Waals surface area contributed by atoms with E-state index in [2.05, 4.69) is 5.32 Å². The van der Waals surface area contributed by atoms with Crippen molar-refractivity contribution in [3.63, 3.8) is 0 Å². The number of nitrogens with one attached hydrogen (secondary N) is 1. The molecule has 0 aromatic rings. The van der Waals surface area contributed by atoms with Gasteiger partial charge in [0, 0.05) is 12.1 Å². The summed E-state index contributed by atoms with van der Waals surface area (Å²) in [5.41, 5.74) is 0. The van der Waals surface area contributed by atoms with Crippen molar-refractivity contribution in [2.45, 2.75) is 24.9 Å². The molecule has 0 amide bonds. The minimum Gasteiger partial charge on any atom is -0.309 e. The summed E-state index contributed by atoms with van der Waals surface area (Å²) in [7, 11) is -5.76. The van der Waals surface area contributed by atoms with E-state index in [1.165, 1.54) is 0 Å². The van der Waals surface area contributed by atoms with Crippen LogP contribution < -0.4 is 5.32 Å². The van der Waals surface area contributed by atoms with Gasteiger partial charge in [-0.05, 0) is 12.8 Å². The Morgan fingerprint density at radius 3 is 1.47 bits per heavy atom. The summed E-state index contributed by atoms with van der Waals surface area (Å²) in [6, 6.07) is -0.0957. The van der Waals surface area contributed by atoms with Crippen LogP contribution in [0.15, 0.2) is 0 Å². The third kappa shape index (κ3) is 2.92. The maximum absolute atomic E-state index is 11.2. The lowest BCUT2D eigenvalue weighted by molar-refractivity contribution is 0.476. The Labute approximate surface area is 90.1 Å². The third-order valence-electron chi connectivity index (χ3n) is 2.94. The molecule has 0 spiro atoms. The van der Waals surface area contributed by atoms with Crippen LogP contribution in [0.4, 0.5) is 0 Å². The second-order valence-electron chi connectivity index (χ2n) is 4.37. The first kappa shape index (κ1) is 11.3. The summed E-state index contributed by atoms with van der Waals surface area (Å²) in [5.74, 6) is 0.765. The fourth-order valence-electron chi connectivity index (χ4n) is 2.19. The van der Waals surface area contributed by atoms with Crippen molar-refractivity contribution in [3.05, 3.63) is 0 Å². The van der Waals surface area contributed by atoms with Crippen LogP contribution in [0, 0.1) is 0 Å². The number of hydrogen-bond donors (Lipinski definition) is 1. The van der Waals surface area contributed by atoms with Crippen molar-refractivity contribution in [1.82, 2.24) is 5.32 Å². The molecule has 0 aromatic carbocycles. The van der Waals surface area contributed by atoms with Crippen LogP contribution >= 0.6 is 0 Å². The molecule has 0 aromatic heterocycles. The Balaban J connectivity index is 1.90. The van der Waals surface area contributed by atoms with Crippen molar-refractivity contribution in [1.29, 1.82) is 0 Å². The van der Waals surface area contributed by atoms with E-state index in [0.717, 1.165) is 0 Å². The van der Waals surface area contributed by atoms with Gasteiger partial charge in [-0.2, -0.15) is 0 Å². The zero-order chi connectivity index (χ0) is 11.1. The van der Waals surface area contributed by atoms with Gasteiger partial charge in [0.25, 0.3) is 0 Å². The molecule has 2 aliphatic rings. The Bertz CT molecular complexity index is 397. The van der Waals surface area contributed by atoms with Crippen LogP contribution in [0.2, 0.25) is 0 Å². The first-order chi connectivity index (χ1) is 6.86. The first-order valence-electron chi connectivity index (χ1n) is 5.03. The summed E-state index contributed by atoms with van der Waals surface area (Å²) in [5, 5.41) is 3.13. The second kappa shape index (κ2) is 3.71. The molecule has 0 unspecified atom stereocenters. The van der Waals surface area contributed by atoms with Crippen LogP contribution in [0.1, 0.15) is 12.8 Å². The van der Waals surface area contributed by atoms with Crippen molar-refractivity contribution in [3.8, 4) is 0 Å². The maximum atomic E-state index is 11.2. The standard InChI is InChI=1S/C8H15NO4S2/c10-14(11)3-1-7(5-14)9-8-2-4-15(12,13)6-8/h7-9H,1-6H2/t7-,8-/m0/s1. The van der Waals surface area contributed by atoms with E-state index in [9.17, 15) is 16.8 Å². The van der Waals surface area contributed by atoms with Gasteiger partial charge in [0.15, 0.2) is 19.7 Å². The molecule has 0 bridgehead atoms. The normalized spacial score (nSPS) is 38.1. The van der Waals surface area contributed by atoms with Gasteiger partial charge >= 0.3 is 0 Å². The van der Waals surface area contributed by atoms with Crippen molar-refractivity contribution < 1.29 is 16.8 Å². The molecule has 0 radical (unpaired) electrons. The lowest BCUT2D eigenvalue weighted by atomic mass is 10.2. The predicted octanol–water partition coefficient (Wildman–Crippen LogP) is -1.05. The fraction of sp³-hybridized carbons (Fsp3) is 1.00. The van der Waals surface area contributed by atoms with Crippen LogP contribution in [0.3, 0.4) is 0 Å². The average molecular weight is 253 g/mol. The molecule has 1 N–H and O–H groups in total. The lowest BCUT2D eigenvalue weighted by Crippen LogP contribution is -2.39. The van der Waals surface area contributed by atoms with Crippen LogP contribution in [0.5, 0.6) is 0 Å². The minimum absolute atomic E-state index is 0.0479. The van der Waals surface area contributed by atoms with Crippen molar-refractivity contribution in [2.24, 2.45) is 0 Å². The highest BCUT2D eigenvalue weighted by atomic mass is 32.2. The summed E-state index contributed by atoms with van der Waals surface area (Å²) in [6.45, 7) is 0. The van der Waals surface area contributed by atoms with E-state index in [1.54, 1.807) is 0 Å². The SMILES string of the molecule is O=S1(=O)CC[C@H](N[C@H]2CCS(=O)(=O)C2)C1. The van der Waals surface area contributed by atoms with Gasteiger partial charge in [-0.3, -0.25) is 0 Å². The highest BCUT2D eigenvalue weighted by Gasteiger charge is 2.33. The summed E-state index contributed by atoms with van der Waals surface area (Å²) in [6.07, 6.45) is 1.22. The van der Waals surface area contributed by atoms with E-state index >= 15 is 0 Å². The van der Waals surface area contributed by atoms with Gasteiger partial charge in [0.2, 0.25) is 0 Å². The molecule has 0 aliphatic carbocycles. The number of rotatable bonds is 2. The lowest BCUT2D eigenvalue weighted by Gasteiger charge is -2.15. The molecule has 7 heteroatoms. The monoisotopic (exact) mass is 253 g/mol. The van der Waals surface area contributed by atoms with E-state index in [0.29, 0.717) is 12.8 Å². The molecule has 2 aliphatic heterocycles. The molecule has 0 saturated carbocycles. The molecule has 2 heterocycles. The Morgan fingerprint density at radius 1 is 0.800 bits per heavy atom.